The number of carboxylic acids is 1. The van der Waals surface area contributed by atoms with E-state index < -0.39 is 5.97 Å². The summed E-state index contributed by atoms with van der Waals surface area (Å²) in [6, 6.07) is 7.10. The van der Waals surface area contributed by atoms with E-state index in [1.807, 2.05) is 6.07 Å². The van der Waals surface area contributed by atoms with Gasteiger partial charge >= 0.3 is 5.97 Å². The molecule has 0 aliphatic heterocycles. The minimum absolute atomic E-state index is 0.0154. The van der Waals surface area contributed by atoms with Crippen LogP contribution in [-0.4, -0.2) is 17.0 Å². The number of nitrogens with one attached hydrogen (secondary N) is 1. The number of carbonyl (C=O) groups is 2. The van der Waals surface area contributed by atoms with Gasteiger partial charge in [0.25, 0.3) is 0 Å². The van der Waals surface area contributed by atoms with Gasteiger partial charge in [-0.05, 0) is 24.0 Å². The van der Waals surface area contributed by atoms with Crippen LogP contribution in [-0.2, 0) is 16.0 Å². The van der Waals surface area contributed by atoms with Gasteiger partial charge in [-0.1, -0.05) is 50.3 Å². The van der Waals surface area contributed by atoms with E-state index in [1.165, 1.54) is 32.1 Å². The molecule has 0 bridgehead atoms. The van der Waals surface area contributed by atoms with Crippen molar-refractivity contribution in [2.45, 2.75) is 51.4 Å². The first-order chi connectivity index (χ1) is 10.1. The first kappa shape index (κ1) is 15.5. The van der Waals surface area contributed by atoms with Crippen LogP contribution in [0.25, 0.3) is 0 Å². The summed E-state index contributed by atoms with van der Waals surface area (Å²) in [7, 11) is 0. The molecule has 1 aromatic carbocycles. The summed E-state index contributed by atoms with van der Waals surface area (Å²) in [6.45, 7) is 0. The average Bonchev–Trinajstić information content (AvgIpc) is 2.48. The van der Waals surface area contributed by atoms with Crippen LogP contribution in [0.4, 0.5) is 5.69 Å². The molecule has 1 aliphatic carbocycles. The zero-order valence-electron chi connectivity index (χ0n) is 12.3. The molecule has 0 aromatic heterocycles. The summed E-state index contributed by atoms with van der Waals surface area (Å²) >= 11 is 0. The smallest absolute Gasteiger partial charge is 0.307 e. The fourth-order valence-electron chi connectivity index (χ4n) is 2.98. The molecule has 1 amide bonds. The highest BCUT2D eigenvalue weighted by Gasteiger charge is 2.15. The zero-order chi connectivity index (χ0) is 15.1. The molecular weight excluding hydrogens is 266 g/mol. The lowest BCUT2D eigenvalue weighted by Crippen LogP contribution is -2.16. The third kappa shape index (κ3) is 5.21. The molecule has 114 valence electrons. The molecule has 0 unspecified atom stereocenters. The molecule has 0 spiro atoms. The Hall–Kier alpha value is -1.84. The van der Waals surface area contributed by atoms with Crippen molar-refractivity contribution in [3.8, 4) is 0 Å². The number of rotatable bonds is 6. The summed E-state index contributed by atoms with van der Waals surface area (Å²) < 4.78 is 0. The monoisotopic (exact) mass is 289 g/mol. The Balaban J connectivity index is 1.85. The number of hydrogen-bond donors (Lipinski definition) is 2. The van der Waals surface area contributed by atoms with Gasteiger partial charge in [-0.15, -0.1) is 0 Å². The lowest BCUT2D eigenvalue weighted by Gasteiger charge is -2.21. The van der Waals surface area contributed by atoms with Crippen LogP contribution < -0.4 is 5.32 Å². The number of para-hydroxylation sites is 1. The van der Waals surface area contributed by atoms with Crippen molar-refractivity contribution in [1.82, 2.24) is 0 Å². The average molecular weight is 289 g/mol. The van der Waals surface area contributed by atoms with Crippen molar-refractivity contribution in [2.75, 3.05) is 5.32 Å². The third-order valence-electron chi connectivity index (χ3n) is 4.14. The Bertz CT molecular complexity index is 493. The predicted molar refractivity (Wildman–Crippen MR) is 82.2 cm³/mol. The van der Waals surface area contributed by atoms with E-state index >= 15 is 0 Å². The van der Waals surface area contributed by atoms with E-state index in [4.69, 9.17) is 5.11 Å². The van der Waals surface area contributed by atoms with Crippen LogP contribution in [0.5, 0.6) is 0 Å². The van der Waals surface area contributed by atoms with E-state index in [0.717, 1.165) is 6.42 Å². The maximum atomic E-state index is 12.0. The fraction of sp³-hybridized carbons (Fsp3) is 0.529. The number of benzene rings is 1. The van der Waals surface area contributed by atoms with E-state index in [0.29, 0.717) is 23.6 Å². The lowest BCUT2D eigenvalue weighted by atomic mass is 9.86. The molecule has 1 aliphatic rings. The zero-order valence-corrected chi connectivity index (χ0v) is 12.3. The van der Waals surface area contributed by atoms with Crippen LogP contribution in [0.15, 0.2) is 24.3 Å². The fourth-order valence-corrected chi connectivity index (χ4v) is 2.98. The van der Waals surface area contributed by atoms with E-state index in [1.54, 1.807) is 18.2 Å². The van der Waals surface area contributed by atoms with Gasteiger partial charge in [-0.25, -0.2) is 0 Å². The summed E-state index contributed by atoms with van der Waals surface area (Å²) in [5.74, 6) is -0.226. The molecule has 21 heavy (non-hydrogen) atoms. The van der Waals surface area contributed by atoms with Crippen molar-refractivity contribution in [1.29, 1.82) is 0 Å². The highest BCUT2D eigenvalue weighted by atomic mass is 16.4. The molecule has 1 fully saturated rings. The largest absolute Gasteiger partial charge is 0.481 e. The molecule has 2 rings (SSSR count). The van der Waals surface area contributed by atoms with E-state index in [-0.39, 0.29) is 12.3 Å². The van der Waals surface area contributed by atoms with E-state index in [9.17, 15) is 9.59 Å². The second kappa shape index (κ2) is 7.81. The summed E-state index contributed by atoms with van der Waals surface area (Å²) in [6.07, 6.45) is 7.76. The molecule has 0 saturated heterocycles. The molecule has 0 heterocycles. The Labute approximate surface area is 125 Å². The van der Waals surface area contributed by atoms with Crippen LogP contribution in [0, 0.1) is 5.92 Å². The van der Waals surface area contributed by atoms with Crippen molar-refractivity contribution in [2.24, 2.45) is 5.92 Å². The van der Waals surface area contributed by atoms with Crippen LogP contribution >= 0.6 is 0 Å². The number of amides is 1. The molecule has 0 atom stereocenters. The van der Waals surface area contributed by atoms with Gasteiger partial charge in [-0.2, -0.15) is 0 Å². The Morgan fingerprint density at radius 2 is 1.86 bits per heavy atom. The van der Waals surface area contributed by atoms with Gasteiger partial charge in [0.05, 0.1) is 6.42 Å². The Morgan fingerprint density at radius 1 is 1.14 bits per heavy atom. The third-order valence-corrected chi connectivity index (χ3v) is 4.14. The second-order valence-corrected chi connectivity index (χ2v) is 5.82. The number of carbonyl (C=O) groups excluding carboxylic acids is 1. The molecule has 4 nitrogen and oxygen atoms in total. The molecule has 1 aromatic rings. The molecule has 4 heteroatoms. The number of anilines is 1. The normalized spacial score (nSPS) is 15.6. The SMILES string of the molecule is O=C(O)Cc1ccccc1NC(=O)CCC1CCCCC1. The molecule has 1 saturated carbocycles. The lowest BCUT2D eigenvalue weighted by molar-refractivity contribution is -0.136. The standard InChI is InChI=1S/C17H23NO3/c19-16(11-10-13-6-2-1-3-7-13)18-15-9-5-4-8-14(15)12-17(20)21/h4-5,8-9,13H,1-3,6-7,10-12H2,(H,18,19)(H,20,21). The molecule has 0 radical (unpaired) electrons. The van der Waals surface area contributed by atoms with Gasteiger partial charge in [0, 0.05) is 12.1 Å². The second-order valence-electron chi connectivity index (χ2n) is 5.82. The van der Waals surface area contributed by atoms with Crippen LogP contribution in [0.1, 0.15) is 50.5 Å². The quantitative estimate of drug-likeness (QED) is 0.840. The van der Waals surface area contributed by atoms with Gasteiger partial charge in [-0.3, -0.25) is 9.59 Å². The van der Waals surface area contributed by atoms with Crippen molar-refractivity contribution in [3.05, 3.63) is 29.8 Å². The van der Waals surface area contributed by atoms with Gasteiger partial charge < -0.3 is 10.4 Å². The van der Waals surface area contributed by atoms with Crippen LogP contribution in [0.2, 0.25) is 0 Å². The maximum Gasteiger partial charge on any atom is 0.307 e. The summed E-state index contributed by atoms with van der Waals surface area (Å²) in [5.41, 5.74) is 1.27. The number of hydrogen-bond acceptors (Lipinski definition) is 2. The van der Waals surface area contributed by atoms with Crippen molar-refractivity contribution < 1.29 is 14.7 Å². The number of carboxylic acid groups (broad SMARTS) is 1. The van der Waals surface area contributed by atoms with Gasteiger partial charge in [0.15, 0.2) is 0 Å². The Kier molecular flexibility index (Phi) is 5.78. The minimum Gasteiger partial charge on any atom is -0.481 e. The Morgan fingerprint density at radius 3 is 2.57 bits per heavy atom. The first-order valence-electron chi connectivity index (χ1n) is 7.74. The van der Waals surface area contributed by atoms with Crippen molar-refractivity contribution >= 4 is 17.6 Å². The highest BCUT2D eigenvalue weighted by molar-refractivity contribution is 5.92. The minimum atomic E-state index is -0.890. The highest BCUT2D eigenvalue weighted by Crippen LogP contribution is 2.27. The molecular formula is C17H23NO3. The van der Waals surface area contributed by atoms with Crippen LogP contribution in [0.3, 0.4) is 0 Å². The maximum absolute atomic E-state index is 12.0. The summed E-state index contributed by atoms with van der Waals surface area (Å²) in [4.78, 5) is 22.9. The predicted octanol–water partition coefficient (Wildman–Crippen LogP) is 3.61. The van der Waals surface area contributed by atoms with Crippen molar-refractivity contribution in [3.63, 3.8) is 0 Å². The van der Waals surface area contributed by atoms with E-state index in [2.05, 4.69) is 5.32 Å². The number of aliphatic carboxylic acids is 1. The molecule has 2 N–H and O–H groups in total. The van der Waals surface area contributed by atoms with Gasteiger partial charge in [0.2, 0.25) is 5.91 Å². The topological polar surface area (TPSA) is 66.4 Å². The first-order valence-corrected chi connectivity index (χ1v) is 7.74. The summed E-state index contributed by atoms with van der Waals surface area (Å²) in [5, 5.41) is 11.7. The van der Waals surface area contributed by atoms with Gasteiger partial charge in [0.1, 0.15) is 0 Å².